The summed E-state index contributed by atoms with van der Waals surface area (Å²) >= 11 is 0. The first-order valence-electron chi connectivity index (χ1n) is 7.34. The largest absolute Gasteiger partial charge is 0.420 e. The number of nitrogens with one attached hydrogen (secondary N) is 1. The Morgan fingerprint density at radius 2 is 1.86 bits per heavy atom. The summed E-state index contributed by atoms with van der Waals surface area (Å²) in [5.41, 5.74) is 1.00. The minimum atomic E-state index is -0.682. The standard InChI is InChI=1S/C12H10N2O4.C4H10.H2/c15-10-6-5-8(11(16)13-10)14-7-3-1-2-4-9(7)18-12(14)17;1-4(2)3;/h1-4,8H,5-6H2,(H,13,15,16);4H,1-3H3;1H. The van der Waals surface area contributed by atoms with Crippen molar-refractivity contribution in [2.24, 2.45) is 5.92 Å². The fourth-order valence-corrected chi connectivity index (χ4v) is 2.21. The van der Waals surface area contributed by atoms with Crippen molar-refractivity contribution < 1.29 is 15.4 Å². The molecule has 6 heteroatoms. The molecule has 6 nitrogen and oxygen atoms in total. The van der Waals surface area contributed by atoms with E-state index in [1.807, 2.05) is 0 Å². The van der Waals surface area contributed by atoms with Gasteiger partial charge in [-0.15, -0.1) is 0 Å². The average Bonchev–Trinajstić information content (AvgIpc) is 2.74. The number of nitrogens with zero attached hydrogens (tertiary/aromatic N) is 1. The van der Waals surface area contributed by atoms with Gasteiger partial charge in [-0.25, -0.2) is 4.79 Å². The minimum Gasteiger partial charge on any atom is -0.408 e. The lowest BCUT2D eigenvalue weighted by Crippen LogP contribution is -2.43. The number of piperidine rings is 1. The van der Waals surface area contributed by atoms with Gasteiger partial charge in [-0.2, -0.15) is 0 Å². The smallest absolute Gasteiger partial charge is 0.408 e. The lowest BCUT2D eigenvalue weighted by molar-refractivity contribution is -0.135. The second kappa shape index (κ2) is 6.60. The number of carbonyl (C=O) groups excluding carboxylic acids is 2. The van der Waals surface area contributed by atoms with E-state index in [-0.39, 0.29) is 13.8 Å². The Kier molecular flexibility index (Phi) is 4.80. The molecular formula is C16H22N2O4. The van der Waals surface area contributed by atoms with E-state index in [1.54, 1.807) is 24.3 Å². The van der Waals surface area contributed by atoms with Crippen LogP contribution in [0.2, 0.25) is 0 Å². The van der Waals surface area contributed by atoms with E-state index < -0.39 is 17.7 Å². The fraction of sp³-hybridized carbons (Fsp3) is 0.438. The van der Waals surface area contributed by atoms with Crippen LogP contribution < -0.4 is 11.1 Å². The highest BCUT2D eigenvalue weighted by atomic mass is 16.4. The van der Waals surface area contributed by atoms with Crippen molar-refractivity contribution in [3.8, 4) is 0 Å². The zero-order valence-electron chi connectivity index (χ0n) is 13.0. The molecule has 2 aromatic rings. The summed E-state index contributed by atoms with van der Waals surface area (Å²) in [7, 11) is 0. The van der Waals surface area contributed by atoms with Gasteiger partial charge in [0.1, 0.15) is 6.04 Å². The molecule has 1 unspecified atom stereocenters. The second-order valence-corrected chi connectivity index (χ2v) is 5.90. The normalized spacial score (nSPS) is 18.1. The minimum absolute atomic E-state index is 0. The highest BCUT2D eigenvalue weighted by Gasteiger charge is 2.30. The van der Waals surface area contributed by atoms with E-state index in [0.717, 1.165) is 5.92 Å². The zero-order chi connectivity index (χ0) is 16.3. The molecule has 1 N–H and O–H groups in total. The number of carbonyl (C=O) groups is 2. The van der Waals surface area contributed by atoms with Crippen molar-refractivity contribution in [1.82, 2.24) is 9.88 Å². The third-order valence-electron chi connectivity index (χ3n) is 3.04. The molecule has 0 saturated carbocycles. The molecule has 1 aromatic heterocycles. The number of imide groups is 1. The van der Waals surface area contributed by atoms with Gasteiger partial charge in [0.15, 0.2) is 5.58 Å². The van der Waals surface area contributed by atoms with Crippen molar-refractivity contribution in [2.75, 3.05) is 0 Å². The first kappa shape index (κ1) is 16.0. The number of benzene rings is 1. The molecule has 1 saturated heterocycles. The molecule has 1 atom stereocenters. The van der Waals surface area contributed by atoms with Gasteiger partial charge < -0.3 is 4.42 Å². The van der Waals surface area contributed by atoms with Crippen LogP contribution in [-0.4, -0.2) is 16.4 Å². The molecule has 0 spiro atoms. The predicted molar refractivity (Wildman–Crippen MR) is 84.5 cm³/mol. The van der Waals surface area contributed by atoms with Crippen molar-refractivity contribution >= 4 is 22.9 Å². The summed E-state index contributed by atoms with van der Waals surface area (Å²) in [5, 5.41) is 2.23. The number of rotatable bonds is 1. The molecule has 2 heterocycles. The molecule has 1 aromatic carbocycles. The van der Waals surface area contributed by atoms with Crippen molar-refractivity contribution in [2.45, 2.75) is 39.7 Å². The van der Waals surface area contributed by atoms with Gasteiger partial charge in [-0.3, -0.25) is 19.5 Å². The Labute approximate surface area is 129 Å². The number of hydrogen-bond acceptors (Lipinski definition) is 4. The molecule has 0 aliphatic carbocycles. The molecule has 1 aliphatic rings. The predicted octanol–water partition coefficient (Wildman–Crippen LogP) is 2.48. The van der Waals surface area contributed by atoms with Gasteiger partial charge in [-0.05, 0) is 24.5 Å². The van der Waals surface area contributed by atoms with Crippen molar-refractivity contribution in [1.29, 1.82) is 0 Å². The third-order valence-corrected chi connectivity index (χ3v) is 3.04. The van der Waals surface area contributed by atoms with Gasteiger partial charge in [-0.1, -0.05) is 32.9 Å². The number of amides is 2. The number of oxazole rings is 1. The van der Waals surface area contributed by atoms with Crippen LogP contribution in [0.5, 0.6) is 0 Å². The summed E-state index contributed by atoms with van der Waals surface area (Å²) < 4.78 is 6.37. The maximum absolute atomic E-state index is 11.8. The molecule has 3 rings (SSSR count). The number of fused-ring (bicyclic) bond motifs is 1. The number of hydrogen-bond donors (Lipinski definition) is 1. The van der Waals surface area contributed by atoms with Crippen molar-refractivity contribution in [3.63, 3.8) is 0 Å². The summed E-state index contributed by atoms with van der Waals surface area (Å²) in [6, 6.07) is 6.21. The van der Waals surface area contributed by atoms with Crippen LogP contribution in [0.15, 0.2) is 33.5 Å². The van der Waals surface area contributed by atoms with E-state index >= 15 is 0 Å². The van der Waals surface area contributed by atoms with Crippen LogP contribution in [0, 0.1) is 5.92 Å². The lowest BCUT2D eigenvalue weighted by atomic mass is 10.1. The van der Waals surface area contributed by atoms with E-state index in [1.165, 1.54) is 4.57 Å². The van der Waals surface area contributed by atoms with Gasteiger partial charge in [0, 0.05) is 7.85 Å². The Balaban J connectivity index is 0.000000478. The maximum atomic E-state index is 11.8. The Bertz CT molecular complexity index is 745. The summed E-state index contributed by atoms with van der Waals surface area (Å²) in [4.78, 5) is 34.7. The Hall–Kier alpha value is -2.37. The lowest BCUT2D eigenvalue weighted by Gasteiger charge is -2.21. The van der Waals surface area contributed by atoms with E-state index in [2.05, 4.69) is 26.1 Å². The van der Waals surface area contributed by atoms with Gasteiger partial charge in [0.25, 0.3) is 0 Å². The van der Waals surface area contributed by atoms with E-state index in [9.17, 15) is 14.4 Å². The highest BCUT2D eigenvalue weighted by Crippen LogP contribution is 2.22. The van der Waals surface area contributed by atoms with E-state index in [0.29, 0.717) is 17.5 Å². The van der Waals surface area contributed by atoms with Gasteiger partial charge >= 0.3 is 5.76 Å². The molecule has 0 radical (unpaired) electrons. The van der Waals surface area contributed by atoms with Crippen molar-refractivity contribution in [3.05, 3.63) is 34.8 Å². The number of aromatic nitrogens is 1. The Morgan fingerprint density at radius 3 is 2.50 bits per heavy atom. The molecule has 1 aliphatic heterocycles. The molecule has 2 amide bonds. The molecule has 120 valence electrons. The number of para-hydroxylation sites is 2. The quantitative estimate of drug-likeness (QED) is 0.821. The first-order valence-corrected chi connectivity index (χ1v) is 7.34. The molecule has 1 fully saturated rings. The molecular weight excluding hydrogens is 284 g/mol. The summed E-state index contributed by atoms with van der Waals surface area (Å²) in [5.74, 6) is -0.511. The van der Waals surface area contributed by atoms with Crippen LogP contribution in [0.1, 0.15) is 41.1 Å². The monoisotopic (exact) mass is 306 g/mol. The first-order chi connectivity index (χ1) is 10.4. The zero-order valence-corrected chi connectivity index (χ0v) is 13.0. The third kappa shape index (κ3) is 3.44. The topological polar surface area (TPSA) is 81.3 Å². The summed E-state index contributed by atoms with van der Waals surface area (Å²) in [6.07, 6.45) is 0.538. The van der Waals surface area contributed by atoms with Gasteiger partial charge in [0.2, 0.25) is 11.8 Å². The maximum Gasteiger partial charge on any atom is 0.420 e. The van der Waals surface area contributed by atoms with Crippen LogP contribution in [0.25, 0.3) is 11.1 Å². The second-order valence-electron chi connectivity index (χ2n) is 5.90. The molecule has 0 bridgehead atoms. The Morgan fingerprint density at radius 1 is 1.23 bits per heavy atom. The summed E-state index contributed by atoms with van der Waals surface area (Å²) in [6.45, 7) is 6.50. The average molecular weight is 306 g/mol. The van der Waals surface area contributed by atoms with Crippen LogP contribution in [0.4, 0.5) is 0 Å². The van der Waals surface area contributed by atoms with Crippen LogP contribution in [-0.2, 0) is 9.59 Å². The van der Waals surface area contributed by atoms with Gasteiger partial charge in [0.05, 0.1) is 5.52 Å². The molecule has 22 heavy (non-hydrogen) atoms. The highest BCUT2D eigenvalue weighted by molar-refractivity contribution is 5.99. The fourth-order valence-electron chi connectivity index (χ4n) is 2.21. The SMILES string of the molecule is CC(C)C.O=C1CCC(n2c(=O)oc3ccccc32)C(=O)N1.[HH]. The van der Waals surface area contributed by atoms with E-state index in [4.69, 9.17) is 4.42 Å². The van der Waals surface area contributed by atoms with Crippen LogP contribution in [0.3, 0.4) is 0 Å². The van der Waals surface area contributed by atoms with Crippen LogP contribution >= 0.6 is 0 Å².